The van der Waals surface area contributed by atoms with E-state index in [-0.39, 0.29) is 29.9 Å². The van der Waals surface area contributed by atoms with E-state index < -0.39 is 0 Å². The molecule has 1 aliphatic heterocycles. The molecule has 0 radical (unpaired) electrons. The van der Waals surface area contributed by atoms with Crippen molar-refractivity contribution in [3.05, 3.63) is 66.0 Å². The Balaban J connectivity index is 0.00000243. The molecule has 26 heavy (non-hydrogen) atoms. The van der Waals surface area contributed by atoms with E-state index in [2.05, 4.69) is 4.90 Å². The van der Waals surface area contributed by atoms with E-state index in [1.807, 2.05) is 30.3 Å². The second-order valence-corrected chi connectivity index (χ2v) is 6.50. The molecule has 140 valence electrons. The minimum atomic E-state index is -0.302. The van der Waals surface area contributed by atoms with E-state index in [1.54, 1.807) is 12.1 Å². The van der Waals surface area contributed by atoms with Gasteiger partial charge in [-0.15, -0.1) is 12.4 Å². The van der Waals surface area contributed by atoms with Crippen LogP contribution in [0.1, 0.15) is 29.6 Å². The molecule has 1 fully saturated rings. The first kappa shape index (κ1) is 20.4. The maximum atomic E-state index is 13.0. The topological polar surface area (TPSA) is 29.5 Å². The van der Waals surface area contributed by atoms with E-state index in [4.69, 9.17) is 4.74 Å². The van der Waals surface area contributed by atoms with Crippen LogP contribution in [-0.2, 0) is 0 Å². The van der Waals surface area contributed by atoms with E-state index in [0.29, 0.717) is 12.2 Å². The van der Waals surface area contributed by atoms with Gasteiger partial charge in [-0.05, 0) is 68.8 Å². The Hall–Kier alpha value is -1.91. The van der Waals surface area contributed by atoms with Crippen molar-refractivity contribution in [2.75, 3.05) is 26.2 Å². The summed E-state index contributed by atoms with van der Waals surface area (Å²) in [6, 6.07) is 15.7. The number of Topliss-reactive ketones (excluding diaryl/α,β-unsaturated/α-hetero) is 1. The van der Waals surface area contributed by atoms with E-state index >= 15 is 0 Å². The van der Waals surface area contributed by atoms with Crippen LogP contribution in [0.5, 0.6) is 5.75 Å². The smallest absolute Gasteiger partial charge is 0.166 e. The summed E-state index contributed by atoms with van der Waals surface area (Å²) in [5, 5.41) is 0. The van der Waals surface area contributed by atoms with Gasteiger partial charge in [-0.3, -0.25) is 4.79 Å². The maximum absolute atomic E-state index is 13.0. The van der Waals surface area contributed by atoms with Crippen molar-refractivity contribution in [3.8, 4) is 5.75 Å². The summed E-state index contributed by atoms with van der Waals surface area (Å²) in [6.45, 7) is 3.56. The van der Waals surface area contributed by atoms with Gasteiger partial charge in [0.1, 0.15) is 11.6 Å². The number of hydrogen-bond donors (Lipinski definition) is 0. The van der Waals surface area contributed by atoms with Gasteiger partial charge in [-0.1, -0.05) is 18.2 Å². The molecule has 2 aromatic carbocycles. The number of ketones is 1. The van der Waals surface area contributed by atoms with Crippen LogP contribution >= 0.6 is 12.4 Å². The van der Waals surface area contributed by atoms with E-state index in [9.17, 15) is 9.18 Å². The summed E-state index contributed by atoms with van der Waals surface area (Å²) in [6.07, 6.45) is 2.72. The van der Waals surface area contributed by atoms with Gasteiger partial charge in [0, 0.05) is 18.0 Å². The number of carbonyl (C=O) groups excluding carboxylic acids is 1. The van der Waals surface area contributed by atoms with Gasteiger partial charge in [0.15, 0.2) is 5.78 Å². The molecule has 0 atom stereocenters. The van der Waals surface area contributed by atoms with Crippen molar-refractivity contribution in [2.45, 2.75) is 19.3 Å². The third-order valence-corrected chi connectivity index (χ3v) is 4.72. The van der Waals surface area contributed by atoms with Crippen LogP contribution in [0.15, 0.2) is 54.6 Å². The van der Waals surface area contributed by atoms with Crippen molar-refractivity contribution in [1.82, 2.24) is 4.90 Å². The molecular weight excluding hydrogens is 353 g/mol. The fraction of sp³-hybridized carbons (Fsp3) is 0.381. The summed E-state index contributed by atoms with van der Waals surface area (Å²) in [5.41, 5.74) is 0.621. The molecule has 3 nitrogen and oxygen atoms in total. The van der Waals surface area contributed by atoms with Crippen LogP contribution in [0.2, 0.25) is 0 Å². The Morgan fingerprint density at radius 2 is 1.69 bits per heavy atom. The summed E-state index contributed by atoms with van der Waals surface area (Å²) in [7, 11) is 0. The average Bonchev–Trinajstić information content (AvgIpc) is 2.67. The van der Waals surface area contributed by atoms with Crippen molar-refractivity contribution < 1.29 is 13.9 Å². The van der Waals surface area contributed by atoms with Gasteiger partial charge in [0.05, 0.1) is 6.61 Å². The van der Waals surface area contributed by atoms with Crippen LogP contribution in [0.3, 0.4) is 0 Å². The molecule has 5 heteroatoms. The second kappa shape index (κ2) is 10.3. The van der Waals surface area contributed by atoms with Crippen molar-refractivity contribution in [1.29, 1.82) is 0 Å². The van der Waals surface area contributed by atoms with Gasteiger partial charge in [0.2, 0.25) is 0 Å². The first-order valence-electron chi connectivity index (χ1n) is 8.92. The number of hydrogen-bond acceptors (Lipinski definition) is 3. The van der Waals surface area contributed by atoms with Gasteiger partial charge < -0.3 is 9.64 Å². The number of piperidine rings is 1. The minimum absolute atomic E-state index is 0. The SMILES string of the molecule is Cl.O=C(c1ccc(F)cc1)C1CCN(CCCOc2ccccc2)CC1. The number of likely N-dealkylation sites (tertiary alicyclic amines) is 1. The number of nitrogens with zero attached hydrogens (tertiary/aromatic N) is 1. The van der Waals surface area contributed by atoms with Gasteiger partial charge >= 0.3 is 0 Å². The van der Waals surface area contributed by atoms with Crippen LogP contribution in [0.25, 0.3) is 0 Å². The van der Waals surface area contributed by atoms with Crippen molar-refractivity contribution >= 4 is 18.2 Å². The van der Waals surface area contributed by atoms with Gasteiger partial charge in [-0.2, -0.15) is 0 Å². The zero-order valence-electron chi connectivity index (χ0n) is 14.8. The molecule has 1 heterocycles. The fourth-order valence-electron chi connectivity index (χ4n) is 3.26. The lowest BCUT2D eigenvalue weighted by Crippen LogP contribution is -2.37. The fourth-order valence-corrected chi connectivity index (χ4v) is 3.26. The number of ether oxygens (including phenoxy) is 1. The molecule has 3 rings (SSSR count). The van der Waals surface area contributed by atoms with Gasteiger partial charge in [0.25, 0.3) is 0 Å². The summed E-state index contributed by atoms with van der Waals surface area (Å²) >= 11 is 0. The number of para-hydroxylation sites is 1. The molecule has 1 aliphatic rings. The molecule has 2 aromatic rings. The quantitative estimate of drug-likeness (QED) is 0.521. The molecule has 0 saturated carbocycles. The molecule has 0 unspecified atom stereocenters. The zero-order chi connectivity index (χ0) is 17.5. The normalized spacial score (nSPS) is 15.3. The first-order chi connectivity index (χ1) is 12.2. The Labute approximate surface area is 160 Å². The van der Waals surface area contributed by atoms with Crippen LogP contribution in [0, 0.1) is 11.7 Å². The van der Waals surface area contributed by atoms with Gasteiger partial charge in [-0.25, -0.2) is 4.39 Å². The summed E-state index contributed by atoms with van der Waals surface area (Å²) < 4.78 is 18.7. The molecule has 0 amide bonds. The minimum Gasteiger partial charge on any atom is -0.494 e. The number of rotatable bonds is 7. The lowest BCUT2D eigenvalue weighted by Gasteiger charge is -2.31. The second-order valence-electron chi connectivity index (χ2n) is 6.50. The predicted octanol–water partition coefficient (Wildman–Crippen LogP) is 4.61. The van der Waals surface area contributed by atoms with Crippen LogP contribution in [-0.4, -0.2) is 36.9 Å². The molecule has 0 bridgehead atoms. The highest BCUT2D eigenvalue weighted by molar-refractivity contribution is 5.97. The third kappa shape index (κ3) is 5.82. The highest BCUT2D eigenvalue weighted by atomic mass is 35.5. The van der Waals surface area contributed by atoms with Crippen molar-refractivity contribution in [3.63, 3.8) is 0 Å². The number of halogens is 2. The van der Waals surface area contributed by atoms with E-state index in [0.717, 1.165) is 44.6 Å². The molecule has 0 spiro atoms. The first-order valence-corrected chi connectivity index (χ1v) is 8.92. The van der Waals surface area contributed by atoms with Crippen molar-refractivity contribution in [2.24, 2.45) is 5.92 Å². The van der Waals surface area contributed by atoms with Crippen LogP contribution < -0.4 is 4.74 Å². The van der Waals surface area contributed by atoms with Crippen LogP contribution in [0.4, 0.5) is 4.39 Å². The molecular formula is C21H25ClFNO2. The lowest BCUT2D eigenvalue weighted by atomic mass is 9.89. The summed E-state index contributed by atoms with van der Waals surface area (Å²) in [5.74, 6) is 0.810. The highest BCUT2D eigenvalue weighted by Crippen LogP contribution is 2.22. The standard InChI is InChI=1S/C21H24FNO2.ClH/c22-19-9-7-17(8-10-19)21(24)18-11-14-23(15-12-18)13-4-16-25-20-5-2-1-3-6-20;/h1-3,5-10,18H,4,11-16H2;1H. The Bertz CT molecular complexity index is 670. The zero-order valence-corrected chi connectivity index (χ0v) is 15.6. The highest BCUT2D eigenvalue weighted by Gasteiger charge is 2.25. The number of carbonyl (C=O) groups is 1. The Kier molecular flexibility index (Phi) is 8.07. The molecule has 0 aromatic heterocycles. The molecule has 0 aliphatic carbocycles. The number of benzene rings is 2. The predicted molar refractivity (Wildman–Crippen MR) is 104 cm³/mol. The third-order valence-electron chi connectivity index (χ3n) is 4.72. The lowest BCUT2D eigenvalue weighted by molar-refractivity contribution is 0.0835. The monoisotopic (exact) mass is 377 g/mol. The average molecular weight is 378 g/mol. The largest absolute Gasteiger partial charge is 0.494 e. The molecule has 0 N–H and O–H groups in total. The van der Waals surface area contributed by atoms with E-state index in [1.165, 1.54) is 12.1 Å². The summed E-state index contributed by atoms with van der Waals surface area (Å²) in [4.78, 5) is 14.9. The Morgan fingerprint density at radius 3 is 2.35 bits per heavy atom. The molecule has 1 saturated heterocycles. The maximum Gasteiger partial charge on any atom is 0.166 e. The Morgan fingerprint density at radius 1 is 1.04 bits per heavy atom.